The molecule has 0 bridgehead atoms. The molecule has 0 saturated heterocycles. The van der Waals surface area contributed by atoms with Crippen molar-refractivity contribution in [2.75, 3.05) is 19.5 Å². The van der Waals surface area contributed by atoms with Crippen LogP contribution in [0.2, 0.25) is 0 Å². The van der Waals surface area contributed by atoms with Crippen LogP contribution in [0.25, 0.3) is 0 Å². The van der Waals surface area contributed by atoms with Crippen LogP contribution < -0.4 is 11.1 Å². The minimum atomic E-state index is -0.200. The van der Waals surface area contributed by atoms with E-state index in [1.54, 1.807) is 0 Å². The molecule has 0 heterocycles. The van der Waals surface area contributed by atoms with Crippen LogP contribution in [-0.2, 0) is 0 Å². The van der Waals surface area contributed by atoms with Gasteiger partial charge in [0, 0.05) is 30.5 Å². The summed E-state index contributed by atoms with van der Waals surface area (Å²) in [5, 5.41) is 3.45. The molecule has 3 N–H and O–H groups in total. The van der Waals surface area contributed by atoms with E-state index in [1.807, 2.05) is 18.4 Å². The molecule has 0 aliphatic carbocycles. The molecule has 0 aromatic carbocycles. The van der Waals surface area contributed by atoms with E-state index >= 15 is 0 Å². The van der Waals surface area contributed by atoms with Gasteiger partial charge in [0.2, 0.25) is 0 Å². The fourth-order valence-electron chi connectivity index (χ4n) is 3.11. The van der Waals surface area contributed by atoms with Gasteiger partial charge in [-0.3, -0.25) is 0 Å². The van der Waals surface area contributed by atoms with Crippen LogP contribution in [0.15, 0.2) is 71.8 Å². The van der Waals surface area contributed by atoms with Gasteiger partial charge in [0.15, 0.2) is 5.71 Å². The third-order valence-electron chi connectivity index (χ3n) is 5.33. The van der Waals surface area contributed by atoms with Crippen LogP contribution in [0.1, 0.15) is 68.2 Å². The second-order valence-electron chi connectivity index (χ2n) is 7.70. The largest absolute Gasteiger partial charge is 0.397 e. The van der Waals surface area contributed by atoms with Gasteiger partial charge in [-0.2, -0.15) is 0 Å². The third-order valence-corrected chi connectivity index (χ3v) is 5.33. The number of allylic oxidation sites excluding steroid dienone is 8. The Morgan fingerprint density at radius 1 is 1.03 bits per heavy atom. The number of rotatable bonds is 12. The van der Waals surface area contributed by atoms with Crippen LogP contribution in [0.4, 0.5) is 0 Å². The fourth-order valence-corrected chi connectivity index (χ4v) is 3.11. The Kier molecular flexibility index (Phi) is 17.8. The lowest BCUT2D eigenvalue weighted by Gasteiger charge is -2.31. The number of halogens is 1. The summed E-state index contributed by atoms with van der Waals surface area (Å²) < 4.78 is 2.32. The van der Waals surface area contributed by atoms with Gasteiger partial charge in [0.1, 0.15) is 13.1 Å². The highest BCUT2D eigenvalue weighted by Gasteiger charge is 2.26. The summed E-state index contributed by atoms with van der Waals surface area (Å²) in [7, 11) is 0. The van der Waals surface area contributed by atoms with Gasteiger partial charge in [-0.1, -0.05) is 58.1 Å². The smallest absolute Gasteiger partial charge is 0.172 e. The maximum Gasteiger partial charge on any atom is 0.172 e. The van der Waals surface area contributed by atoms with E-state index < -0.39 is 0 Å². The molecule has 0 radical (unpaired) electrons. The first-order chi connectivity index (χ1) is 14.7. The van der Waals surface area contributed by atoms with Gasteiger partial charge in [-0.05, 0) is 57.5 Å². The predicted molar refractivity (Wildman–Crippen MR) is 143 cm³/mol. The molecule has 3 nitrogen and oxygen atoms in total. The number of alkyl halides is 1. The predicted octanol–water partition coefficient (Wildman–Crippen LogP) is 7.09. The number of nitrogens with one attached hydrogen (secondary N) is 1. The lowest BCUT2D eigenvalue weighted by molar-refractivity contribution is -0.520. The van der Waals surface area contributed by atoms with Crippen molar-refractivity contribution >= 4 is 17.3 Å². The summed E-state index contributed by atoms with van der Waals surface area (Å²) in [6, 6.07) is 0. The molecule has 0 aliphatic heterocycles. The van der Waals surface area contributed by atoms with Crippen molar-refractivity contribution in [3.05, 3.63) is 71.8 Å². The lowest BCUT2D eigenvalue weighted by Crippen LogP contribution is -2.28. The zero-order valence-corrected chi connectivity index (χ0v) is 22.2. The highest BCUT2D eigenvalue weighted by Crippen LogP contribution is 2.34. The average molecular weight is 449 g/mol. The molecule has 0 rings (SSSR count). The zero-order valence-electron chi connectivity index (χ0n) is 21.5. The first kappa shape index (κ1) is 31.2. The molecule has 0 aromatic heterocycles. The topological polar surface area (TPSA) is 41.1 Å². The Morgan fingerprint density at radius 2 is 1.61 bits per heavy atom. The van der Waals surface area contributed by atoms with Crippen molar-refractivity contribution in [2.45, 2.75) is 68.2 Å². The summed E-state index contributed by atoms with van der Waals surface area (Å²) in [5.74, 6) is 0. The van der Waals surface area contributed by atoms with Crippen molar-refractivity contribution in [3.8, 4) is 0 Å². The molecular weight excluding hydrogens is 402 g/mol. The van der Waals surface area contributed by atoms with Gasteiger partial charge >= 0.3 is 0 Å². The van der Waals surface area contributed by atoms with Gasteiger partial charge in [0.25, 0.3) is 0 Å². The van der Waals surface area contributed by atoms with Crippen molar-refractivity contribution in [2.24, 2.45) is 11.1 Å². The Morgan fingerprint density at radius 3 is 2.06 bits per heavy atom. The number of hydrogen-bond donors (Lipinski definition) is 2. The zero-order chi connectivity index (χ0) is 24.4. The molecule has 0 saturated carbocycles. The van der Waals surface area contributed by atoms with Crippen molar-refractivity contribution in [1.82, 2.24) is 5.32 Å². The lowest BCUT2D eigenvalue weighted by atomic mass is 9.80. The van der Waals surface area contributed by atoms with Crippen molar-refractivity contribution in [1.29, 1.82) is 0 Å². The maximum atomic E-state index is 6.60. The summed E-state index contributed by atoms with van der Waals surface area (Å²) in [6.45, 7) is 23.3. The summed E-state index contributed by atoms with van der Waals surface area (Å²) in [4.78, 5) is 0. The molecule has 0 unspecified atom stereocenters. The number of nitrogens with two attached hydrogens (primary N) is 1. The Labute approximate surface area is 197 Å². The maximum absolute atomic E-state index is 6.60. The van der Waals surface area contributed by atoms with Gasteiger partial charge in [0.05, 0.1) is 5.70 Å². The number of nitrogens with zero attached hydrogens (tertiary/aromatic N) is 1. The average Bonchev–Trinajstić information content (AvgIpc) is 2.76. The Hall–Kier alpha value is -2.00. The SMILES string of the molecule is C=CC(/C=C\C(C)=[N+](CC)CC)=C\C(N)=C(/N/C=C/CC)C(C)(C)/C(C)=C/CC.CCl. The highest BCUT2D eigenvalue weighted by atomic mass is 35.5. The molecule has 0 amide bonds. The normalized spacial score (nSPS) is 13.6. The van der Waals surface area contributed by atoms with Gasteiger partial charge < -0.3 is 11.1 Å². The van der Waals surface area contributed by atoms with Crippen molar-refractivity contribution < 1.29 is 4.58 Å². The van der Waals surface area contributed by atoms with Crippen LogP contribution in [0.5, 0.6) is 0 Å². The Bertz CT molecular complexity index is 711. The van der Waals surface area contributed by atoms with E-state index in [9.17, 15) is 0 Å². The van der Waals surface area contributed by atoms with E-state index in [1.165, 1.54) is 17.7 Å². The monoisotopic (exact) mass is 448 g/mol. The van der Waals surface area contributed by atoms with Crippen LogP contribution in [0.3, 0.4) is 0 Å². The molecule has 0 spiro atoms. The second kappa shape index (κ2) is 17.7. The van der Waals surface area contributed by atoms with Crippen LogP contribution in [0, 0.1) is 5.41 Å². The molecule has 0 aliphatic rings. The van der Waals surface area contributed by atoms with E-state index in [0.717, 1.165) is 42.9 Å². The first-order valence-electron chi connectivity index (χ1n) is 11.3. The van der Waals surface area contributed by atoms with Gasteiger partial charge in [-0.25, -0.2) is 4.58 Å². The minimum Gasteiger partial charge on any atom is -0.397 e. The molecule has 31 heavy (non-hydrogen) atoms. The molecule has 0 atom stereocenters. The fraction of sp³-hybridized carbons (Fsp3) is 0.519. The van der Waals surface area contributed by atoms with E-state index in [0.29, 0.717) is 0 Å². The minimum absolute atomic E-state index is 0.200. The van der Waals surface area contributed by atoms with Crippen LogP contribution in [-0.4, -0.2) is 29.8 Å². The van der Waals surface area contributed by atoms with Crippen LogP contribution >= 0.6 is 11.6 Å². The molecule has 0 aromatic rings. The molecule has 176 valence electrons. The summed E-state index contributed by atoms with van der Waals surface area (Å²) in [5.41, 5.74) is 11.6. The van der Waals surface area contributed by atoms with Gasteiger partial charge in [-0.15, -0.1) is 11.6 Å². The molecular formula is C27H47ClN3+. The third kappa shape index (κ3) is 11.3. The Balaban J connectivity index is 0. The summed E-state index contributed by atoms with van der Waals surface area (Å²) in [6.07, 6.45) is 17.9. The molecule has 0 fully saturated rings. The number of hydrogen-bond acceptors (Lipinski definition) is 2. The van der Waals surface area contributed by atoms with E-state index in [4.69, 9.17) is 5.73 Å². The highest BCUT2D eigenvalue weighted by molar-refractivity contribution is 6.15. The quantitative estimate of drug-likeness (QED) is 0.110. The van der Waals surface area contributed by atoms with E-state index in [-0.39, 0.29) is 5.41 Å². The standard InChI is InChI=1S/C26H43N3.CH3Cl/c1-10-15-19-28-25(26(8,9)21(6)16-11-2)24(27)20-23(12-3)18-17-22(7)29(13-4)14-5;1-2/h12,15-20H,3,10-11,13-14,27H2,1-2,4-9H3;1H3/p+1/b19-15+,21-16+;. The first-order valence-corrected chi connectivity index (χ1v) is 12.0. The molecule has 4 heteroatoms. The second-order valence-corrected chi connectivity index (χ2v) is 7.70. The van der Waals surface area contributed by atoms with E-state index in [2.05, 4.69) is 108 Å². The van der Waals surface area contributed by atoms with Crippen molar-refractivity contribution in [3.63, 3.8) is 0 Å². The summed E-state index contributed by atoms with van der Waals surface area (Å²) >= 11 is 4.64.